The van der Waals surface area contributed by atoms with Crippen molar-refractivity contribution in [3.8, 4) is 10.7 Å². The van der Waals surface area contributed by atoms with Gasteiger partial charge in [-0.1, -0.05) is 6.07 Å². The van der Waals surface area contributed by atoms with E-state index in [1.807, 2.05) is 28.5 Å². The second kappa shape index (κ2) is 7.59. The summed E-state index contributed by atoms with van der Waals surface area (Å²) in [4.78, 5) is 26.0. The molecule has 0 radical (unpaired) electrons. The number of aromatic nitrogens is 2. The molecule has 4 heterocycles. The zero-order valence-corrected chi connectivity index (χ0v) is 15.0. The molecule has 2 saturated heterocycles. The van der Waals surface area contributed by atoms with Gasteiger partial charge in [-0.15, -0.1) is 11.3 Å². The Hall–Kier alpha value is -1.83. The molecule has 2 fully saturated rings. The molecule has 0 spiro atoms. The third-order valence-electron chi connectivity index (χ3n) is 4.92. The number of hydrogen-bond donors (Lipinski definition) is 0. The molecule has 2 aromatic heterocycles. The quantitative estimate of drug-likeness (QED) is 0.841. The summed E-state index contributed by atoms with van der Waals surface area (Å²) in [5, 5.41) is 2.64. The van der Waals surface area contributed by atoms with Crippen LogP contribution in [0.2, 0.25) is 0 Å². The average molecular weight is 358 g/mol. The number of carbonyl (C=O) groups excluding carboxylic acids is 1. The fourth-order valence-electron chi connectivity index (χ4n) is 3.48. The number of carbonyl (C=O) groups is 1. The van der Waals surface area contributed by atoms with Crippen LogP contribution in [0.25, 0.3) is 10.7 Å². The molecular formula is C18H22N4O2S. The summed E-state index contributed by atoms with van der Waals surface area (Å²) in [6.45, 7) is 5.14. The lowest BCUT2D eigenvalue weighted by Gasteiger charge is -2.40. The van der Waals surface area contributed by atoms with Gasteiger partial charge in [0.2, 0.25) is 0 Å². The summed E-state index contributed by atoms with van der Waals surface area (Å²) < 4.78 is 5.44. The van der Waals surface area contributed by atoms with E-state index in [-0.39, 0.29) is 5.91 Å². The van der Waals surface area contributed by atoms with Crippen LogP contribution in [0.15, 0.2) is 29.8 Å². The van der Waals surface area contributed by atoms with Crippen LogP contribution in [0.1, 0.15) is 23.3 Å². The first-order chi connectivity index (χ1) is 12.3. The Morgan fingerprint density at radius 2 is 1.96 bits per heavy atom. The lowest BCUT2D eigenvalue weighted by atomic mass is 10.1. The lowest BCUT2D eigenvalue weighted by molar-refractivity contribution is 0.0136. The van der Waals surface area contributed by atoms with Crippen LogP contribution in [-0.4, -0.2) is 71.1 Å². The van der Waals surface area contributed by atoms with Crippen molar-refractivity contribution in [1.29, 1.82) is 0 Å². The molecule has 0 N–H and O–H groups in total. The van der Waals surface area contributed by atoms with Crippen LogP contribution in [0, 0.1) is 0 Å². The normalized spacial score (nSPS) is 19.9. The van der Waals surface area contributed by atoms with Crippen molar-refractivity contribution in [3.05, 3.63) is 35.5 Å². The number of hydrogen-bond acceptors (Lipinski definition) is 6. The van der Waals surface area contributed by atoms with Crippen molar-refractivity contribution >= 4 is 17.2 Å². The van der Waals surface area contributed by atoms with E-state index in [2.05, 4.69) is 14.9 Å². The van der Waals surface area contributed by atoms with Gasteiger partial charge in [-0.05, 0) is 25.0 Å². The summed E-state index contributed by atoms with van der Waals surface area (Å²) in [5.74, 6) is 0.0325. The third-order valence-corrected chi connectivity index (χ3v) is 5.78. The Labute approximate surface area is 151 Å². The Morgan fingerprint density at radius 1 is 1.16 bits per heavy atom. The molecule has 2 aromatic rings. The van der Waals surface area contributed by atoms with Gasteiger partial charge in [0, 0.05) is 57.0 Å². The maximum atomic E-state index is 12.7. The second-order valence-corrected chi connectivity index (χ2v) is 7.28. The molecule has 7 heteroatoms. The molecule has 1 amide bonds. The van der Waals surface area contributed by atoms with E-state index in [0.29, 0.717) is 11.7 Å². The first-order valence-electron chi connectivity index (χ1n) is 8.79. The first-order valence-corrected chi connectivity index (χ1v) is 9.67. The number of rotatable bonds is 3. The van der Waals surface area contributed by atoms with E-state index in [4.69, 9.17) is 4.74 Å². The van der Waals surface area contributed by atoms with E-state index in [1.165, 1.54) is 11.3 Å². The number of amides is 1. The van der Waals surface area contributed by atoms with Gasteiger partial charge in [0.25, 0.3) is 5.91 Å². The highest BCUT2D eigenvalue weighted by Gasteiger charge is 2.28. The van der Waals surface area contributed by atoms with Gasteiger partial charge < -0.3 is 9.64 Å². The highest BCUT2D eigenvalue weighted by atomic mass is 32.1. The molecule has 4 rings (SSSR count). The molecular weight excluding hydrogens is 336 g/mol. The van der Waals surface area contributed by atoms with Gasteiger partial charge in [0.05, 0.1) is 5.69 Å². The van der Waals surface area contributed by atoms with Crippen LogP contribution >= 0.6 is 11.3 Å². The monoisotopic (exact) mass is 358 g/mol. The summed E-state index contributed by atoms with van der Waals surface area (Å²) in [6.07, 6.45) is 3.95. The molecule has 25 heavy (non-hydrogen) atoms. The van der Waals surface area contributed by atoms with Crippen LogP contribution < -0.4 is 0 Å². The van der Waals surface area contributed by atoms with Gasteiger partial charge in [0.1, 0.15) is 10.7 Å². The molecule has 2 aliphatic heterocycles. The minimum absolute atomic E-state index is 0.0325. The summed E-state index contributed by atoms with van der Waals surface area (Å²) in [7, 11) is 0. The molecule has 0 bridgehead atoms. The van der Waals surface area contributed by atoms with Crippen molar-refractivity contribution < 1.29 is 9.53 Å². The fraction of sp³-hybridized carbons (Fsp3) is 0.500. The minimum Gasteiger partial charge on any atom is -0.381 e. The zero-order chi connectivity index (χ0) is 17.1. The zero-order valence-electron chi connectivity index (χ0n) is 14.1. The summed E-state index contributed by atoms with van der Waals surface area (Å²) >= 11 is 1.47. The van der Waals surface area contributed by atoms with Crippen LogP contribution in [0.3, 0.4) is 0 Å². The van der Waals surface area contributed by atoms with Gasteiger partial charge in [0.15, 0.2) is 0 Å². The fourth-order valence-corrected chi connectivity index (χ4v) is 4.25. The smallest absolute Gasteiger partial charge is 0.273 e. The van der Waals surface area contributed by atoms with Gasteiger partial charge >= 0.3 is 0 Å². The number of nitrogens with zero attached hydrogens (tertiary/aromatic N) is 4. The van der Waals surface area contributed by atoms with Crippen molar-refractivity contribution in [2.24, 2.45) is 0 Å². The Balaban J connectivity index is 1.37. The third kappa shape index (κ3) is 3.73. The van der Waals surface area contributed by atoms with Gasteiger partial charge in [-0.3, -0.25) is 14.7 Å². The SMILES string of the molecule is O=C(c1csc(-c2ccccn2)n1)N1CCN(C2CCOCC2)CC1. The van der Waals surface area contributed by atoms with Gasteiger partial charge in [-0.2, -0.15) is 0 Å². The van der Waals surface area contributed by atoms with Crippen LogP contribution in [0.5, 0.6) is 0 Å². The van der Waals surface area contributed by atoms with E-state index in [1.54, 1.807) is 6.20 Å². The highest BCUT2D eigenvalue weighted by Crippen LogP contribution is 2.23. The van der Waals surface area contributed by atoms with Gasteiger partial charge in [-0.25, -0.2) is 4.98 Å². The average Bonchev–Trinajstić information content (AvgIpc) is 3.19. The number of ether oxygens (including phenoxy) is 1. The Bertz CT molecular complexity index is 707. The van der Waals surface area contributed by atoms with E-state index in [9.17, 15) is 4.79 Å². The van der Waals surface area contributed by atoms with Crippen molar-refractivity contribution in [2.45, 2.75) is 18.9 Å². The van der Waals surface area contributed by atoms with Crippen LogP contribution in [-0.2, 0) is 4.74 Å². The molecule has 0 aliphatic carbocycles. The number of pyridine rings is 1. The van der Waals surface area contributed by atoms with Crippen molar-refractivity contribution in [3.63, 3.8) is 0 Å². The van der Waals surface area contributed by atoms with E-state index >= 15 is 0 Å². The molecule has 0 aromatic carbocycles. The molecule has 0 unspecified atom stereocenters. The second-order valence-electron chi connectivity index (χ2n) is 6.42. The van der Waals surface area contributed by atoms with Crippen molar-refractivity contribution in [2.75, 3.05) is 39.4 Å². The minimum atomic E-state index is 0.0325. The number of piperazine rings is 1. The largest absolute Gasteiger partial charge is 0.381 e. The molecule has 2 aliphatic rings. The first kappa shape index (κ1) is 16.6. The van der Waals surface area contributed by atoms with E-state index in [0.717, 1.165) is 62.9 Å². The molecule has 0 saturated carbocycles. The summed E-state index contributed by atoms with van der Waals surface area (Å²) in [6, 6.07) is 6.34. The maximum absolute atomic E-state index is 12.7. The molecule has 6 nitrogen and oxygen atoms in total. The molecule has 132 valence electrons. The Kier molecular flexibility index (Phi) is 5.05. The topological polar surface area (TPSA) is 58.6 Å². The van der Waals surface area contributed by atoms with Crippen LogP contribution in [0.4, 0.5) is 0 Å². The predicted molar refractivity (Wildman–Crippen MR) is 96.7 cm³/mol. The maximum Gasteiger partial charge on any atom is 0.273 e. The highest BCUT2D eigenvalue weighted by molar-refractivity contribution is 7.13. The molecule has 0 atom stereocenters. The number of thiazole rings is 1. The van der Waals surface area contributed by atoms with E-state index < -0.39 is 0 Å². The lowest BCUT2D eigenvalue weighted by Crippen LogP contribution is -2.53. The Morgan fingerprint density at radius 3 is 2.68 bits per heavy atom. The predicted octanol–water partition coefficient (Wildman–Crippen LogP) is 2.14. The summed E-state index contributed by atoms with van der Waals surface area (Å²) in [5.41, 5.74) is 1.35. The van der Waals surface area contributed by atoms with Crippen molar-refractivity contribution in [1.82, 2.24) is 19.8 Å². The standard InChI is InChI=1S/C18H22N4O2S/c23-18(16-13-25-17(20-16)15-3-1-2-6-19-15)22-9-7-21(8-10-22)14-4-11-24-12-5-14/h1-3,6,13-14H,4-5,7-12H2.